The van der Waals surface area contributed by atoms with Gasteiger partial charge in [-0.3, -0.25) is 15.0 Å². The Hall–Kier alpha value is -6.30. The van der Waals surface area contributed by atoms with E-state index in [0.717, 1.165) is 22.8 Å². The smallest absolute Gasteiger partial charge is 0.326 e. The minimum atomic E-state index is -0.223. The number of imidazole rings is 2. The first-order valence-corrected chi connectivity index (χ1v) is 16.5. The summed E-state index contributed by atoms with van der Waals surface area (Å²) in [6, 6.07) is 12.0. The molecule has 0 saturated carbocycles. The third kappa shape index (κ3) is 10.4. The lowest BCUT2D eigenvalue weighted by Crippen LogP contribution is -2.42. The number of hydrogen-bond acceptors (Lipinski definition) is 10. The zero-order chi connectivity index (χ0) is 37.1. The van der Waals surface area contributed by atoms with Crippen molar-refractivity contribution in [1.82, 2.24) is 44.6 Å². The topological polar surface area (TPSA) is 180 Å². The Kier molecular flexibility index (Phi) is 14.4. The summed E-state index contributed by atoms with van der Waals surface area (Å²) in [6.45, 7) is 19.8. The number of aromatic nitrogens is 6. The van der Waals surface area contributed by atoms with E-state index in [1.807, 2.05) is 73.2 Å². The molecule has 0 saturated heterocycles. The number of ether oxygens (including phenoxy) is 1. The van der Waals surface area contributed by atoms with Gasteiger partial charge in [-0.15, -0.1) is 0 Å². The molecule has 15 nitrogen and oxygen atoms in total. The van der Waals surface area contributed by atoms with Crippen molar-refractivity contribution in [3.05, 3.63) is 85.4 Å². The van der Waals surface area contributed by atoms with Crippen LogP contribution in [0.1, 0.15) is 78.7 Å². The Bertz CT molecular complexity index is 1970. The number of benzene rings is 1. The van der Waals surface area contributed by atoms with Crippen LogP contribution in [0.3, 0.4) is 0 Å². The quantitative estimate of drug-likeness (QED) is 0.160. The van der Waals surface area contributed by atoms with Crippen LogP contribution in [0, 0.1) is 11.3 Å². The van der Waals surface area contributed by atoms with Crippen LogP contribution >= 0.6 is 0 Å². The van der Waals surface area contributed by atoms with E-state index in [-0.39, 0.29) is 62.7 Å². The lowest BCUT2D eigenvalue weighted by molar-refractivity contribution is -0.115. The molecule has 0 unspecified atom stereocenters. The van der Waals surface area contributed by atoms with Crippen LogP contribution in [0.25, 0.3) is 16.9 Å². The minimum Gasteiger partial charge on any atom is -0.475 e. The number of urea groups is 1. The summed E-state index contributed by atoms with van der Waals surface area (Å²) in [6.07, 6.45) is 9.07. The Labute approximate surface area is 304 Å². The summed E-state index contributed by atoms with van der Waals surface area (Å²) in [5.74, 6) is 1.07. The first-order chi connectivity index (χ1) is 24.4. The largest absolute Gasteiger partial charge is 0.475 e. The van der Waals surface area contributed by atoms with Crippen LogP contribution in [0.15, 0.2) is 79.1 Å². The number of anilines is 1. The highest BCUT2D eigenvalue weighted by atomic mass is 16.5. The van der Waals surface area contributed by atoms with E-state index in [9.17, 15) is 9.59 Å². The molecule has 1 aromatic carbocycles. The first-order valence-electron chi connectivity index (χ1n) is 16.5. The maximum atomic E-state index is 12.3. The van der Waals surface area contributed by atoms with Gasteiger partial charge in [0.2, 0.25) is 17.7 Å². The van der Waals surface area contributed by atoms with E-state index in [1.54, 1.807) is 36.2 Å². The number of nitrogens with one attached hydrogen (secondary N) is 3. The average Bonchev–Trinajstić information content (AvgIpc) is 3.72. The van der Waals surface area contributed by atoms with Crippen molar-refractivity contribution < 1.29 is 14.3 Å². The van der Waals surface area contributed by atoms with E-state index in [0.29, 0.717) is 22.9 Å². The molecule has 0 radical (unpaired) electrons. The second-order valence-electron chi connectivity index (χ2n) is 12.3. The van der Waals surface area contributed by atoms with Crippen molar-refractivity contribution in [2.45, 2.75) is 79.9 Å². The predicted molar refractivity (Wildman–Crippen MR) is 204 cm³/mol. The van der Waals surface area contributed by atoms with E-state index in [2.05, 4.69) is 67.9 Å². The Morgan fingerprint density at radius 1 is 1.00 bits per heavy atom. The van der Waals surface area contributed by atoms with Crippen LogP contribution in [-0.4, -0.2) is 64.9 Å². The van der Waals surface area contributed by atoms with Gasteiger partial charge < -0.3 is 24.5 Å². The highest BCUT2D eigenvalue weighted by Gasteiger charge is 2.19. The standard InChI is InChI=1S/C19H20N6O2.C9H12N4.C8H12N2O.CH4/c1-13(2)25-12-21-16-17(25)23-19(24-18(16)27-10-6-9-20)22-15(26)11-14-7-4-3-5-8-14;1-6(2)13-5-12-8-7(3)10-4-11-9(8)13;1-6(2)10-5-4-7(3)9-8(10)11;/h3-5,7-8,12-13H,6,10-11H2,1-2H3,(H,22,23,24,26);4-6H,3H2,1-2H3,(H,10,11);4-6H,3H2,1-2H3,(H,9,11);1H4. The molecule has 2 aliphatic rings. The van der Waals surface area contributed by atoms with Gasteiger partial charge in [0.15, 0.2) is 17.0 Å². The van der Waals surface area contributed by atoms with E-state index in [4.69, 9.17) is 10.00 Å². The highest BCUT2D eigenvalue weighted by Crippen LogP contribution is 2.28. The molecule has 15 heteroatoms. The zero-order valence-electron chi connectivity index (χ0n) is 29.8. The molecular weight excluding hydrogens is 660 g/mol. The molecule has 6 rings (SSSR count). The Morgan fingerprint density at radius 2 is 1.69 bits per heavy atom. The second kappa shape index (κ2) is 18.6. The van der Waals surface area contributed by atoms with Gasteiger partial charge in [-0.1, -0.05) is 50.9 Å². The van der Waals surface area contributed by atoms with Gasteiger partial charge >= 0.3 is 6.03 Å². The summed E-state index contributed by atoms with van der Waals surface area (Å²) in [5, 5.41) is 17.0. The van der Waals surface area contributed by atoms with Crippen molar-refractivity contribution in [2.75, 3.05) is 11.9 Å². The number of nitrogens with zero attached hydrogens (tertiary/aromatic N) is 9. The molecular formula is C37H48N12O3. The Morgan fingerprint density at radius 3 is 2.33 bits per heavy atom. The second-order valence-corrected chi connectivity index (χ2v) is 12.3. The number of aliphatic imine (C=N–C) groups is 1. The fourth-order valence-electron chi connectivity index (χ4n) is 4.77. The van der Waals surface area contributed by atoms with Crippen molar-refractivity contribution in [2.24, 2.45) is 4.99 Å². The van der Waals surface area contributed by atoms with Crippen LogP contribution in [0.4, 0.5) is 16.6 Å². The van der Waals surface area contributed by atoms with Gasteiger partial charge in [-0.25, -0.2) is 19.8 Å². The number of nitriles is 1. The van der Waals surface area contributed by atoms with Crippen molar-refractivity contribution in [1.29, 1.82) is 5.26 Å². The van der Waals surface area contributed by atoms with Gasteiger partial charge in [0.1, 0.15) is 12.3 Å². The van der Waals surface area contributed by atoms with Gasteiger partial charge in [-0.2, -0.15) is 15.2 Å². The fourth-order valence-corrected chi connectivity index (χ4v) is 4.77. The molecule has 2 aliphatic heterocycles. The molecule has 0 atom stereocenters. The molecule has 0 fully saturated rings. The lowest BCUT2D eigenvalue weighted by atomic mass is 10.1. The number of amides is 3. The van der Waals surface area contributed by atoms with Gasteiger partial charge in [0.05, 0.1) is 43.6 Å². The maximum absolute atomic E-state index is 12.3. The minimum absolute atomic E-state index is 0. The van der Waals surface area contributed by atoms with Gasteiger partial charge in [0.25, 0.3) is 0 Å². The van der Waals surface area contributed by atoms with Crippen molar-refractivity contribution >= 4 is 46.9 Å². The zero-order valence-corrected chi connectivity index (χ0v) is 29.8. The molecule has 0 aliphatic carbocycles. The normalized spacial score (nSPS) is 12.9. The third-order valence-electron chi connectivity index (χ3n) is 7.39. The Balaban J connectivity index is 0.000000241. The van der Waals surface area contributed by atoms with Crippen LogP contribution in [-0.2, 0) is 11.2 Å². The number of carbonyl (C=O) groups is 2. The number of allylic oxidation sites excluding steroid dienone is 1. The molecule has 3 amide bonds. The van der Waals surface area contributed by atoms with Crippen LogP contribution in [0.5, 0.6) is 5.88 Å². The summed E-state index contributed by atoms with van der Waals surface area (Å²) < 4.78 is 9.49. The molecule has 0 bridgehead atoms. The van der Waals surface area contributed by atoms with Crippen LogP contribution < -0.4 is 20.7 Å². The molecule has 3 N–H and O–H groups in total. The fraction of sp³-hybridized carbons (Fsp3) is 0.351. The first kappa shape index (κ1) is 40.1. The SMILES string of the molecule is C.C=C1C=CN(C(C)C)C(=O)N1.C=C1NC=Nc2c1ncn2C(C)C.CC(C)n1cnc2c(OCCC#N)nc(NC(=O)Cc3ccccc3)nc21. The highest BCUT2D eigenvalue weighted by molar-refractivity contribution is 5.92. The maximum Gasteiger partial charge on any atom is 0.326 e. The summed E-state index contributed by atoms with van der Waals surface area (Å²) in [4.78, 5) is 46.6. The molecule has 52 heavy (non-hydrogen) atoms. The molecule has 5 heterocycles. The van der Waals surface area contributed by atoms with Gasteiger partial charge in [0, 0.05) is 30.0 Å². The predicted octanol–water partition coefficient (Wildman–Crippen LogP) is 6.66. The summed E-state index contributed by atoms with van der Waals surface area (Å²) in [5.41, 5.74) is 4.27. The molecule has 274 valence electrons. The monoisotopic (exact) mass is 708 g/mol. The van der Waals surface area contributed by atoms with E-state index < -0.39 is 0 Å². The average molecular weight is 709 g/mol. The third-order valence-corrected chi connectivity index (χ3v) is 7.39. The number of rotatable bonds is 9. The number of fused-ring (bicyclic) bond motifs is 2. The lowest BCUT2D eigenvalue weighted by Gasteiger charge is -2.26. The summed E-state index contributed by atoms with van der Waals surface area (Å²) in [7, 11) is 0. The molecule has 3 aromatic heterocycles. The van der Waals surface area contributed by atoms with Crippen molar-refractivity contribution in [3.8, 4) is 11.9 Å². The van der Waals surface area contributed by atoms with E-state index >= 15 is 0 Å². The number of carbonyl (C=O) groups excluding carboxylic acids is 2. The molecule has 4 aromatic rings. The summed E-state index contributed by atoms with van der Waals surface area (Å²) >= 11 is 0. The van der Waals surface area contributed by atoms with E-state index in [1.165, 1.54) is 0 Å². The van der Waals surface area contributed by atoms with Gasteiger partial charge in [-0.05, 0) is 53.2 Å². The number of hydrogen-bond donors (Lipinski definition) is 3. The van der Waals surface area contributed by atoms with Crippen molar-refractivity contribution in [3.63, 3.8) is 0 Å². The molecule has 0 spiro atoms. The van der Waals surface area contributed by atoms with Crippen LogP contribution in [0.2, 0.25) is 0 Å².